The minimum absolute atomic E-state index is 0.0816. The normalized spacial score (nSPS) is 18.6. The average Bonchev–Trinajstić information content (AvgIpc) is 3.65. The largest absolute Gasteiger partial charge is 0.454 e. The molecule has 3 atom stereocenters. The van der Waals surface area contributed by atoms with Crippen LogP contribution in [-0.2, 0) is 0 Å². The Balaban J connectivity index is 1.38. The Morgan fingerprint density at radius 3 is 2.40 bits per heavy atom. The van der Waals surface area contributed by atoms with E-state index in [1.165, 1.54) is 76.1 Å². The highest BCUT2D eigenvalue weighted by molar-refractivity contribution is 7.20. The number of fused-ring (bicyclic) bond motifs is 12. The first-order chi connectivity index (χ1) is 21.0. The quantitative estimate of drug-likeness (QED) is 0.148. The summed E-state index contributed by atoms with van der Waals surface area (Å²) in [6.07, 6.45) is 6.72. The topological polar surface area (TPSA) is 20.9 Å². The van der Waals surface area contributed by atoms with Crippen molar-refractivity contribution in [3.8, 4) is 22.5 Å². The average molecular weight is 577 g/mol. The van der Waals surface area contributed by atoms with Crippen LogP contribution < -0.4 is 9.13 Å². The molecule has 0 radical (unpaired) electrons. The molecule has 3 aromatic carbocycles. The molecule has 9 rings (SSSR count). The van der Waals surface area contributed by atoms with Gasteiger partial charge in [0.05, 0.1) is 15.8 Å². The van der Waals surface area contributed by atoms with E-state index >= 15 is 0 Å². The zero-order chi connectivity index (χ0) is 29.1. The maximum absolute atomic E-state index is 6.99. The van der Waals surface area contributed by atoms with Gasteiger partial charge >= 0.3 is 0 Å². The number of benzene rings is 3. The Morgan fingerprint density at radius 1 is 0.767 bits per heavy atom. The molecule has 0 fully saturated rings. The van der Waals surface area contributed by atoms with Gasteiger partial charge in [-0.2, -0.15) is 9.13 Å². The summed E-state index contributed by atoms with van der Waals surface area (Å²) >= 11 is 1.85. The van der Waals surface area contributed by atoms with E-state index in [-0.39, 0.29) is 18.0 Å². The van der Waals surface area contributed by atoms with Gasteiger partial charge in [0.2, 0.25) is 11.4 Å². The van der Waals surface area contributed by atoms with E-state index in [0.717, 1.165) is 11.2 Å². The molecule has 2 aliphatic rings. The van der Waals surface area contributed by atoms with Gasteiger partial charge in [0.25, 0.3) is 0 Å². The first-order valence-corrected chi connectivity index (χ1v) is 15.9. The first-order valence-electron chi connectivity index (χ1n) is 15.1. The van der Waals surface area contributed by atoms with Crippen LogP contribution in [0, 0.1) is 27.7 Å². The number of nitrogens with zero attached hydrogens (tertiary/aromatic N) is 2. The Morgan fingerprint density at radius 2 is 1.53 bits per heavy atom. The third kappa shape index (κ3) is 3.19. The van der Waals surface area contributed by atoms with E-state index in [9.17, 15) is 0 Å². The van der Waals surface area contributed by atoms with Gasteiger partial charge in [0.1, 0.15) is 11.5 Å². The summed E-state index contributed by atoms with van der Waals surface area (Å²) in [6, 6.07) is 27.2. The Labute approximate surface area is 255 Å². The molecule has 3 unspecified atom stereocenters. The highest BCUT2D eigenvalue weighted by Crippen LogP contribution is 2.52. The molecule has 2 aliphatic heterocycles. The number of rotatable bonds is 2. The summed E-state index contributed by atoms with van der Waals surface area (Å²) in [7, 11) is 0. The number of thiophene rings is 1. The Kier molecular flexibility index (Phi) is 5.08. The van der Waals surface area contributed by atoms with Crippen molar-refractivity contribution in [1.29, 1.82) is 0 Å². The number of hydrogen-bond donors (Lipinski definition) is 0. The van der Waals surface area contributed by atoms with Crippen molar-refractivity contribution >= 4 is 43.4 Å². The molecule has 0 saturated carbocycles. The van der Waals surface area contributed by atoms with Gasteiger partial charge in [-0.3, -0.25) is 0 Å². The molecule has 43 heavy (non-hydrogen) atoms. The zero-order valence-corrected chi connectivity index (χ0v) is 25.6. The monoisotopic (exact) mass is 576 g/mol. The third-order valence-corrected chi connectivity index (χ3v) is 11.4. The van der Waals surface area contributed by atoms with Crippen molar-refractivity contribution in [1.82, 2.24) is 0 Å². The van der Waals surface area contributed by atoms with Crippen LogP contribution in [0.4, 0.5) is 0 Å². The van der Waals surface area contributed by atoms with Crippen LogP contribution in [0.25, 0.3) is 54.5 Å². The summed E-state index contributed by atoms with van der Waals surface area (Å²) in [4.78, 5) is 1.35. The van der Waals surface area contributed by atoms with Crippen LogP contribution in [0.15, 0.2) is 102 Å². The molecule has 0 amide bonds. The second-order valence-electron chi connectivity index (χ2n) is 12.3. The molecule has 0 spiro atoms. The minimum atomic E-state index is 0.0816. The van der Waals surface area contributed by atoms with Crippen LogP contribution in [0.3, 0.4) is 0 Å². The van der Waals surface area contributed by atoms with E-state index in [1.807, 2.05) is 11.3 Å². The van der Waals surface area contributed by atoms with Gasteiger partial charge in [0.15, 0.2) is 30.1 Å². The van der Waals surface area contributed by atoms with Crippen molar-refractivity contribution < 1.29 is 13.6 Å². The van der Waals surface area contributed by atoms with E-state index in [0.29, 0.717) is 0 Å². The lowest BCUT2D eigenvalue weighted by atomic mass is 9.76. The smallest absolute Gasteiger partial charge is 0.217 e. The number of aryl methyl sites for hydroxylation is 4. The Hall–Kier alpha value is -4.54. The third-order valence-electron chi connectivity index (χ3n) is 10.2. The maximum atomic E-state index is 6.99. The number of furan rings is 1. The van der Waals surface area contributed by atoms with Crippen LogP contribution in [0.5, 0.6) is 0 Å². The fourth-order valence-corrected chi connectivity index (χ4v) is 9.03. The second kappa shape index (κ2) is 8.75. The van der Waals surface area contributed by atoms with Gasteiger partial charge < -0.3 is 4.42 Å². The van der Waals surface area contributed by atoms with E-state index in [2.05, 4.69) is 135 Å². The second-order valence-corrected chi connectivity index (χ2v) is 13.5. The molecule has 0 saturated heterocycles. The summed E-state index contributed by atoms with van der Waals surface area (Å²) in [6.45, 7) is 13.3. The van der Waals surface area contributed by atoms with Crippen molar-refractivity contribution in [3.63, 3.8) is 0 Å². The maximum Gasteiger partial charge on any atom is 0.217 e. The van der Waals surface area contributed by atoms with E-state index < -0.39 is 0 Å². The SMILES string of the molecule is C=CC1C(C2c3ccc4c(oc5c4ccc4c(C)c(C)sc45)c3-c3cc(C)c(C)c[n+]32)c2ccccc2-c2cccc[n+]21. The lowest BCUT2D eigenvalue weighted by Gasteiger charge is -2.30. The van der Waals surface area contributed by atoms with Gasteiger partial charge in [-0.05, 0) is 80.1 Å². The first kappa shape index (κ1) is 25.0. The lowest BCUT2D eigenvalue weighted by molar-refractivity contribution is -0.739. The fraction of sp³-hybridized carbons (Fsp3) is 0.179. The molecule has 4 heteroatoms. The molecule has 0 aliphatic carbocycles. The number of allylic oxidation sites excluding steroid dienone is 1. The fourth-order valence-electron chi connectivity index (χ4n) is 7.88. The predicted molar refractivity (Wildman–Crippen MR) is 176 cm³/mol. The molecular weight excluding hydrogens is 545 g/mol. The highest BCUT2D eigenvalue weighted by atomic mass is 32.1. The number of aromatic nitrogens is 2. The molecule has 0 bridgehead atoms. The van der Waals surface area contributed by atoms with Crippen LogP contribution in [-0.4, -0.2) is 0 Å². The van der Waals surface area contributed by atoms with Crippen LogP contribution in [0.2, 0.25) is 0 Å². The van der Waals surface area contributed by atoms with E-state index in [4.69, 9.17) is 4.42 Å². The van der Waals surface area contributed by atoms with Crippen molar-refractivity contribution in [2.45, 2.75) is 45.7 Å². The molecule has 3 nitrogen and oxygen atoms in total. The number of hydrogen-bond acceptors (Lipinski definition) is 2. The minimum Gasteiger partial charge on any atom is -0.454 e. The molecular formula is C39H32N2OS+2. The summed E-state index contributed by atoms with van der Waals surface area (Å²) in [5.41, 5.74) is 13.6. The lowest BCUT2D eigenvalue weighted by Crippen LogP contribution is -2.52. The van der Waals surface area contributed by atoms with Crippen LogP contribution in [0.1, 0.15) is 50.7 Å². The molecule has 4 aromatic heterocycles. The van der Waals surface area contributed by atoms with Gasteiger partial charge in [-0.15, -0.1) is 11.3 Å². The van der Waals surface area contributed by atoms with Gasteiger partial charge in [-0.1, -0.05) is 36.9 Å². The van der Waals surface area contributed by atoms with Crippen molar-refractivity contribution in [2.75, 3.05) is 0 Å². The van der Waals surface area contributed by atoms with Crippen LogP contribution >= 0.6 is 11.3 Å². The summed E-state index contributed by atoms with van der Waals surface area (Å²) in [5.74, 6) is 0.150. The molecule has 0 N–H and O–H groups in total. The van der Waals surface area contributed by atoms with E-state index in [1.54, 1.807) is 0 Å². The molecule has 6 heterocycles. The highest BCUT2D eigenvalue weighted by Gasteiger charge is 2.52. The molecule has 208 valence electrons. The summed E-state index contributed by atoms with van der Waals surface area (Å²) in [5, 5.41) is 3.68. The van der Waals surface area contributed by atoms with Gasteiger partial charge in [0, 0.05) is 45.0 Å². The molecule has 7 aromatic rings. The predicted octanol–water partition coefficient (Wildman–Crippen LogP) is 9.37. The zero-order valence-electron chi connectivity index (χ0n) is 24.8. The van der Waals surface area contributed by atoms with Crippen molar-refractivity contribution in [2.24, 2.45) is 0 Å². The Bertz CT molecular complexity index is 2340. The van der Waals surface area contributed by atoms with Crippen molar-refractivity contribution in [3.05, 3.63) is 131 Å². The summed E-state index contributed by atoms with van der Waals surface area (Å²) < 4.78 is 13.2. The standard InChI is InChI=1S/C39H32N2OS/c1-6-31-34(27-12-8-7-11-26(27)32-13-9-10-18-40(31)32)36-30-17-16-28-29-15-14-25-23(4)24(5)43-39(25)38(29)42-37(28)35(30)33-19-21(2)22(3)20-41(33)36/h6-20,31,34,36H,1H2,2-5H3/q+2. The van der Waals surface area contributed by atoms with Gasteiger partial charge in [-0.25, -0.2) is 0 Å². The number of pyridine rings is 2.